The van der Waals surface area contributed by atoms with Crippen LogP contribution in [0.1, 0.15) is 34.8 Å². The number of carbonyl (C=O) groups is 1. The number of benzene rings is 2. The highest BCUT2D eigenvalue weighted by atomic mass is 35.5. The molecule has 0 radical (unpaired) electrons. The summed E-state index contributed by atoms with van der Waals surface area (Å²) in [4.78, 5) is 14.9. The number of hydrogen-bond donors (Lipinski definition) is 1. The third-order valence-corrected chi connectivity index (χ3v) is 4.98. The molecule has 2 aromatic rings. The topological polar surface area (TPSA) is 41.6 Å². The van der Waals surface area contributed by atoms with Crippen LogP contribution in [0.25, 0.3) is 0 Å². The number of likely N-dealkylation sites (tertiary alicyclic amines) is 1. The molecule has 0 saturated carbocycles. The number of rotatable bonds is 6. The predicted octanol–water partition coefficient (Wildman–Crippen LogP) is 3.92. The Kier molecular flexibility index (Phi) is 5.95. The van der Waals surface area contributed by atoms with Gasteiger partial charge in [0.2, 0.25) is 0 Å². The van der Waals surface area contributed by atoms with E-state index in [1.165, 1.54) is 12.8 Å². The average molecular weight is 359 g/mol. The second-order valence-corrected chi connectivity index (χ2v) is 6.63. The number of nitrogens with one attached hydrogen (secondary N) is 1. The second-order valence-electron chi connectivity index (χ2n) is 6.22. The maximum atomic E-state index is 12.5. The molecule has 0 bridgehead atoms. The van der Waals surface area contributed by atoms with Crippen molar-refractivity contribution in [2.45, 2.75) is 18.9 Å². The minimum atomic E-state index is -0.102. The van der Waals surface area contributed by atoms with Crippen LogP contribution in [-0.4, -0.2) is 37.6 Å². The number of halogens is 1. The van der Waals surface area contributed by atoms with Gasteiger partial charge in [0.25, 0.3) is 5.91 Å². The number of nitrogens with zero attached hydrogens (tertiary/aromatic N) is 1. The Morgan fingerprint density at radius 3 is 2.68 bits per heavy atom. The van der Waals surface area contributed by atoms with E-state index in [4.69, 9.17) is 16.3 Å². The number of methoxy groups -OCH3 is 1. The molecule has 132 valence electrons. The van der Waals surface area contributed by atoms with Gasteiger partial charge in [0.1, 0.15) is 5.75 Å². The summed E-state index contributed by atoms with van der Waals surface area (Å²) in [5, 5.41) is 3.80. The molecule has 1 aliphatic heterocycles. The third kappa shape index (κ3) is 4.33. The van der Waals surface area contributed by atoms with Gasteiger partial charge in [-0.2, -0.15) is 0 Å². The summed E-state index contributed by atoms with van der Waals surface area (Å²) in [6.45, 7) is 2.59. The third-order valence-electron chi connectivity index (χ3n) is 4.63. The molecule has 1 heterocycles. The Bertz CT molecular complexity index is 729. The lowest BCUT2D eigenvalue weighted by molar-refractivity contribution is 0.0937. The van der Waals surface area contributed by atoms with Crippen molar-refractivity contribution in [3.63, 3.8) is 0 Å². The van der Waals surface area contributed by atoms with Crippen molar-refractivity contribution in [3.05, 3.63) is 64.7 Å². The molecule has 0 spiro atoms. The molecule has 2 aromatic carbocycles. The smallest absolute Gasteiger partial charge is 0.251 e. The lowest BCUT2D eigenvalue weighted by atomic mass is 10.0. The molecular formula is C20H23ClN2O2. The highest BCUT2D eigenvalue weighted by Crippen LogP contribution is 2.29. The first-order valence-corrected chi connectivity index (χ1v) is 8.97. The van der Waals surface area contributed by atoms with E-state index in [1.807, 2.05) is 36.4 Å². The molecule has 25 heavy (non-hydrogen) atoms. The maximum Gasteiger partial charge on any atom is 0.251 e. The van der Waals surface area contributed by atoms with Gasteiger partial charge in [-0.05, 0) is 55.8 Å². The van der Waals surface area contributed by atoms with Crippen LogP contribution < -0.4 is 10.1 Å². The fourth-order valence-electron chi connectivity index (χ4n) is 3.29. The first-order chi connectivity index (χ1) is 12.2. The van der Waals surface area contributed by atoms with E-state index in [1.54, 1.807) is 19.2 Å². The Labute approximate surface area is 153 Å². The molecule has 5 heteroatoms. The van der Waals surface area contributed by atoms with Crippen LogP contribution in [0, 0.1) is 0 Å². The summed E-state index contributed by atoms with van der Waals surface area (Å²) in [7, 11) is 1.60. The Balaban J connectivity index is 1.74. The molecule has 1 aliphatic rings. The van der Waals surface area contributed by atoms with Crippen LogP contribution in [0.15, 0.2) is 48.5 Å². The Hall–Kier alpha value is -2.04. The molecule has 3 rings (SSSR count). The molecule has 1 fully saturated rings. The molecule has 1 saturated heterocycles. The first-order valence-electron chi connectivity index (χ1n) is 8.60. The Morgan fingerprint density at radius 2 is 1.96 bits per heavy atom. The quantitative estimate of drug-likeness (QED) is 0.851. The van der Waals surface area contributed by atoms with Crippen LogP contribution in [-0.2, 0) is 0 Å². The second kappa shape index (κ2) is 8.37. The lowest BCUT2D eigenvalue weighted by Gasteiger charge is -2.29. The van der Waals surface area contributed by atoms with Crippen LogP contribution in [0.2, 0.25) is 5.02 Å². The van der Waals surface area contributed by atoms with Crippen molar-refractivity contribution >= 4 is 17.5 Å². The predicted molar refractivity (Wildman–Crippen MR) is 100 cm³/mol. The van der Waals surface area contributed by atoms with Gasteiger partial charge in [-0.1, -0.05) is 35.9 Å². The van der Waals surface area contributed by atoms with Gasteiger partial charge in [0.15, 0.2) is 0 Å². The average Bonchev–Trinajstić information content (AvgIpc) is 3.17. The van der Waals surface area contributed by atoms with Crippen molar-refractivity contribution in [1.82, 2.24) is 10.2 Å². The molecule has 0 aromatic heterocycles. The highest BCUT2D eigenvalue weighted by molar-refractivity contribution is 6.31. The van der Waals surface area contributed by atoms with Gasteiger partial charge in [0.05, 0.1) is 13.2 Å². The monoisotopic (exact) mass is 358 g/mol. The number of carbonyl (C=O) groups excluding carboxylic acids is 1. The van der Waals surface area contributed by atoms with Gasteiger partial charge in [-0.25, -0.2) is 0 Å². The highest BCUT2D eigenvalue weighted by Gasteiger charge is 2.25. The van der Waals surface area contributed by atoms with Crippen LogP contribution in [0.3, 0.4) is 0 Å². The summed E-state index contributed by atoms with van der Waals surface area (Å²) in [5.41, 5.74) is 1.66. The molecule has 0 aliphatic carbocycles. The maximum absolute atomic E-state index is 12.5. The molecule has 1 atom stereocenters. The molecule has 0 unspecified atom stereocenters. The largest absolute Gasteiger partial charge is 0.497 e. The van der Waals surface area contributed by atoms with Gasteiger partial charge in [-0.15, -0.1) is 0 Å². The first kappa shape index (κ1) is 17.8. The van der Waals surface area contributed by atoms with Crippen molar-refractivity contribution < 1.29 is 9.53 Å². The zero-order valence-electron chi connectivity index (χ0n) is 14.4. The van der Waals surface area contributed by atoms with E-state index in [9.17, 15) is 4.79 Å². The van der Waals surface area contributed by atoms with Crippen LogP contribution >= 0.6 is 11.6 Å². The summed E-state index contributed by atoms with van der Waals surface area (Å²) in [6, 6.07) is 15.1. The fraction of sp³-hybridized carbons (Fsp3) is 0.350. The van der Waals surface area contributed by atoms with E-state index in [0.717, 1.165) is 23.7 Å². The minimum absolute atomic E-state index is 0.0887. The van der Waals surface area contributed by atoms with E-state index in [-0.39, 0.29) is 11.9 Å². The van der Waals surface area contributed by atoms with Crippen molar-refractivity contribution in [1.29, 1.82) is 0 Å². The molecule has 4 nitrogen and oxygen atoms in total. The van der Waals surface area contributed by atoms with Crippen LogP contribution in [0.5, 0.6) is 5.75 Å². The minimum Gasteiger partial charge on any atom is -0.497 e. The number of amides is 1. The fourth-order valence-corrected chi connectivity index (χ4v) is 3.55. The Morgan fingerprint density at radius 1 is 1.20 bits per heavy atom. The standard InChI is InChI=1S/C20H23ClN2O2/c1-25-16-8-6-7-15(13-16)20(24)22-14-19(23-11-4-5-12-23)17-9-2-3-10-18(17)21/h2-3,6-10,13,19H,4-5,11-12,14H2,1H3,(H,22,24)/t19-/m0/s1. The SMILES string of the molecule is COc1cccc(C(=O)NC[C@@H](c2ccccc2Cl)N2CCCC2)c1. The molecular weight excluding hydrogens is 336 g/mol. The summed E-state index contributed by atoms with van der Waals surface area (Å²) < 4.78 is 5.19. The number of ether oxygens (including phenoxy) is 1. The zero-order valence-corrected chi connectivity index (χ0v) is 15.1. The van der Waals surface area contributed by atoms with E-state index >= 15 is 0 Å². The zero-order chi connectivity index (χ0) is 17.6. The molecule has 1 amide bonds. The van der Waals surface area contributed by atoms with Gasteiger partial charge in [0, 0.05) is 17.1 Å². The lowest BCUT2D eigenvalue weighted by Crippen LogP contribution is -2.37. The normalized spacial score (nSPS) is 15.8. The van der Waals surface area contributed by atoms with Crippen molar-refractivity contribution in [2.75, 3.05) is 26.7 Å². The van der Waals surface area contributed by atoms with Gasteiger partial charge < -0.3 is 10.1 Å². The van der Waals surface area contributed by atoms with Gasteiger partial charge in [-0.3, -0.25) is 9.69 Å². The van der Waals surface area contributed by atoms with E-state index in [2.05, 4.69) is 10.2 Å². The summed E-state index contributed by atoms with van der Waals surface area (Å²) in [6.07, 6.45) is 2.37. The van der Waals surface area contributed by atoms with E-state index < -0.39 is 0 Å². The van der Waals surface area contributed by atoms with Crippen molar-refractivity contribution in [2.24, 2.45) is 0 Å². The van der Waals surface area contributed by atoms with E-state index in [0.29, 0.717) is 17.9 Å². The summed E-state index contributed by atoms with van der Waals surface area (Å²) >= 11 is 6.41. The van der Waals surface area contributed by atoms with Gasteiger partial charge >= 0.3 is 0 Å². The molecule has 1 N–H and O–H groups in total. The summed E-state index contributed by atoms with van der Waals surface area (Å²) in [5.74, 6) is 0.574. The van der Waals surface area contributed by atoms with Crippen molar-refractivity contribution in [3.8, 4) is 5.75 Å². The van der Waals surface area contributed by atoms with Crippen LogP contribution in [0.4, 0.5) is 0 Å². The number of hydrogen-bond acceptors (Lipinski definition) is 3.